The molecule has 1 aliphatic heterocycles. The summed E-state index contributed by atoms with van der Waals surface area (Å²) >= 11 is 5.90. The van der Waals surface area contributed by atoms with E-state index in [1.807, 2.05) is 11.8 Å². The number of nitrogens with zero attached hydrogens (tertiary/aromatic N) is 5. The molecule has 1 unspecified atom stereocenters. The van der Waals surface area contributed by atoms with Crippen LogP contribution in [0.1, 0.15) is 49.1 Å². The molecule has 1 fully saturated rings. The summed E-state index contributed by atoms with van der Waals surface area (Å²) < 4.78 is 3.04. The van der Waals surface area contributed by atoms with E-state index in [-0.39, 0.29) is 11.8 Å². The third-order valence-corrected chi connectivity index (χ3v) is 4.82. The predicted molar refractivity (Wildman–Crippen MR) is 98.2 cm³/mol. The Kier molecular flexibility index (Phi) is 5.61. The number of hydrogen-bond donors (Lipinski definition) is 1. The summed E-state index contributed by atoms with van der Waals surface area (Å²) in [5, 5.41) is 11.6. The summed E-state index contributed by atoms with van der Waals surface area (Å²) in [5.41, 5.74) is 0.818. The van der Waals surface area contributed by atoms with Crippen LogP contribution in [0.15, 0.2) is 18.6 Å². The molecule has 2 aromatic heterocycles. The Morgan fingerprint density at radius 3 is 2.58 bits per heavy atom. The summed E-state index contributed by atoms with van der Waals surface area (Å²) in [4.78, 5) is 27.4. The fourth-order valence-electron chi connectivity index (χ4n) is 3.22. The van der Waals surface area contributed by atoms with Gasteiger partial charge in [-0.2, -0.15) is 10.2 Å². The molecule has 26 heavy (non-hydrogen) atoms. The van der Waals surface area contributed by atoms with Crippen LogP contribution in [0, 0.1) is 0 Å². The van der Waals surface area contributed by atoms with Crippen molar-refractivity contribution in [2.24, 2.45) is 7.05 Å². The minimum Gasteiger partial charge on any atom is -0.337 e. The van der Waals surface area contributed by atoms with E-state index in [0.717, 1.165) is 32.4 Å². The van der Waals surface area contributed by atoms with Gasteiger partial charge in [0, 0.05) is 26.3 Å². The van der Waals surface area contributed by atoms with Crippen molar-refractivity contribution in [3.8, 4) is 0 Å². The van der Waals surface area contributed by atoms with Crippen molar-refractivity contribution in [1.29, 1.82) is 0 Å². The molecule has 0 radical (unpaired) electrons. The summed E-state index contributed by atoms with van der Waals surface area (Å²) in [7, 11) is 1.71. The Balaban J connectivity index is 1.79. The molecule has 3 rings (SSSR count). The molecule has 0 aromatic carbocycles. The lowest BCUT2D eigenvalue weighted by Crippen LogP contribution is -2.37. The summed E-state index contributed by atoms with van der Waals surface area (Å²) in [6.07, 6.45) is 8.30. The Hall–Kier alpha value is -2.35. The van der Waals surface area contributed by atoms with Gasteiger partial charge in [-0.15, -0.1) is 0 Å². The first-order valence-corrected chi connectivity index (χ1v) is 9.20. The summed E-state index contributed by atoms with van der Waals surface area (Å²) in [5.74, 6) is -0.358. The van der Waals surface area contributed by atoms with Crippen molar-refractivity contribution in [1.82, 2.24) is 24.5 Å². The Morgan fingerprint density at radius 1 is 1.23 bits per heavy atom. The van der Waals surface area contributed by atoms with Gasteiger partial charge >= 0.3 is 0 Å². The van der Waals surface area contributed by atoms with Crippen molar-refractivity contribution in [3.63, 3.8) is 0 Å². The van der Waals surface area contributed by atoms with Crippen LogP contribution in [0.4, 0.5) is 5.69 Å². The highest BCUT2D eigenvalue weighted by Crippen LogP contribution is 2.22. The van der Waals surface area contributed by atoms with Gasteiger partial charge < -0.3 is 10.2 Å². The fourth-order valence-corrected chi connectivity index (χ4v) is 3.37. The second kappa shape index (κ2) is 7.90. The molecule has 0 bridgehead atoms. The maximum atomic E-state index is 12.9. The molecule has 3 heterocycles. The van der Waals surface area contributed by atoms with E-state index < -0.39 is 6.04 Å². The van der Waals surface area contributed by atoms with Crippen molar-refractivity contribution >= 4 is 29.1 Å². The average Bonchev–Trinajstić information content (AvgIpc) is 3.22. The number of hydrogen-bond acceptors (Lipinski definition) is 4. The van der Waals surface area contributed by atoms with Crippen LogP contribution in [0.3, 0.4) is 0 Å². The Labute approximate surface area is 157 Å². The SMILES string of the molecule is CCC(C(=O)Nc1cnn(C)c1C(=O)N1CCCCC1)n1cc(Cl)cn1. The second-order valence-electron chi connectivity index (χ2n) is 6.44. The second-order valence-corrected chi connectivity index (χ2v) is 6.87. The maximum absolute atomic E-state index is 12.9. The number of amides is 2. The monoisotopic (exact) mass is 378 g/mol. The number of piperidine rings is 1. The average molecular weight is 379 g/mol. The third kappa shape index (κ3) is 3.75. The van der Waals surface area contributed by atoms with Gasteiger partial charge in [0.05, 0.1) is 23.1 Å². The van der Waals surface area contributed by atoms with Crippen LogP contribution in [-0.4, -0.2) is 49.4 Å². The summed E-state index contributed by atoms with van der Waals surface area (Å²) in [6, 6.07) is -0.513. The quantitative estimate of drug-likeness (QED) is 0.866. The number of likely N-dealkylation sites (tertiary alicyclic amines) is 1. The molecule has 8 nitrogen and oxygen atoms in total. The van der Waals surface area contributed by atoms with Crippen molar-refractivity contribution < 1.29 is 9.59 Å². The van der Waals surface area contributed by atoms with E-state index >= 15 is 0 Å². The first-order valence-electron chi connectivity index (χ1n) is 8.83. The van der Waals surface area contributed by atoms with Gasteiger partial charge in [0.1, 0.15) is 11.7 Å². The number of halogens is 1. The number of carbonyl (C=O) groups excluding carboxylic acids is 2. The van der Waals surface area contributed by atoms with Crippen molar-refractivity contribution in [2.75, 3.05) is 18.4 Å². The number of rotatable bonds is 5. The third-order valence-electron chi connectivity index (χ3n) is 4.62. The molecule has 1 atom stereocenters. The summed E-state index contributed by atoms with van der Waals surface area (Å²) in [6.45, 7) is 3.37. The smallest absolute Gasteiger partial charge is 0.274 e. The molecular formula is C17H23ClN6O2. The highest BCUT2D eigenvalue weighted by atomic mass is 35.5. The van der Waals surface area contributed by atoms with Gasteiger partial charge in [-0.25, -0.2) is 0 Å². The molecule has 2 aromatic rings. The van der Waals surface area contributed by atoms with E-state index in [2.05, 4.69) is 15.5 Å². The highest BCUT2D eigenvalue weighted by Gasteiger charge is 2.27. The van der Waals surface area contributed by atoms with Crippen molar-refractivity contribution in [2.45, 2.75) is 38.6 Å². The van der Waals surface area contributed by atoms with E-state index in [1.54, 1.807) is 13.2 Å². The Morgan fingerprint density at radius 2 is 1.96 bits per heavy atom. The highest BCUT2D eigenvalue weighted by molar-refractivity contribution is 6.30. The van der Waals surface area contributed by atoms with Crippen LogP contribution >= 0.6 is 11.6 Å². The molecule has 0 saturated carbocycles. The van der Waals surface area contributed by atoms with Crippen LogP contribution < -0.4 is 5.32 Å². The molecule has 2 amide bonds. The van der Waals surface area contributed by atoms with Gasteiger partial charge in [-0.05, 0) is 25.7 Å². The normalized spacial score (nSPS) is 15.7. The lowest BCUT2D eigenvalue weighted by molar-refractivity contribution is -0.119. The van der Waals surface area contributed by atoms with Gasteiger partial charge in [-0.1, -0.05) is 18.5 Å². The lowest BCUT2D eigenvalue weighted by Gasteiger charge is -2.27. The number of carbonyl (C=O) groups is 2. The van der Waals surface area contributed by atoms with Gasteiger partial charge in [0.15, 0.2) is 0 Å². The van der Waals surface area contributed by atoms with E-state index in [9.17, 15) is 9.59 Å². The topological polar surface area (TPSA) is 85.0 Å². The van der Waals surface area contributed by atoms with Crippen LogP contribution in [0.5, 0.6) is 0 Å². The largest absolute Gasteiger partial charge is 0.337 e. The number of nitrogens with one attached hydrogen (secondary N) is 1. The Bertz CT molecular complexity index is 793. The first-order chi connectivity index (χ1) is 12.5. The zero-order valence-corrected chi connectivity index (χ0v) is 15.7. The number of aryl methyl sites for hydroxylation is 1. The van der Waals surface area contributed by atoms with Crippen molar-refractivity contribution in [3.05, 3.63) is 29.3 Å². The zero-order valence-electron chi connectivity index (χ0n) is 15.0. The molecule has 1 saturated heterocycles. The lowest BCUT2D eigenvalue weighted by atomic mass is 10.1. The molecule has 1 aliphatic rings. The maximum Gasteiger partial charge on any atom is 0.274 e. The zero-order chi connectivity index (χ0) is 18.7. The molecule has 1 N–H and O–H groups in total. The standard InChI is InChI=1S/C17H23ClN6O2/c1-3-14(24-11-12(18)9-20-24)16(25)21-13-10-19-22(2)15(13)17(26)23-7-5-4-6-8-23/h9-11,14H,3-8H2,1-2H3,(H,21,25). The fraction of sp³-hybridized carbons (Fsp3) is 0.529. The van der Waals surface area contributed by atoms with Gasteiger partial charge in [0.25, 0.3) is 5.91 Å². The predicted octanol–water partition coefficient (Wildman–Crippen LogP) is 2.49. The van der Waals surface area contributed by atoms with Gasteiger partial charge in [0.2, 0.25) is 5.91 Å². The van der Waals surface area contributed by atoms with Crippen LogP contribution in [-0.2, 0) is 11.8 Å². The number of anilines is 1. The van der Waals surface area contributed by atoms with E-state index in [4.69, 9.17) is 11.6 Å². The van der Waals surface area contributed by atoms with E-state index in [1.165, 1.54) is 21.8 Å². The molecule has 0 aliphatic carbocycles. The molecular weight excluding hydrogens is 356 g/mol. The first kappa shape index (κ1) is 18.4. The molecule has 140 valence electrons. The molecule has 0 spiro atoms. The van der Waals surface area contributed by atoms with Gasteiger partial charge in [-0.3, -0.25) is 19.0 Å². The minimum atomic E-state index is -0.513. The van der Waals surface area contributed by atoms with Crippen LogP contribution in [0.2, 0.25) is 5.02 Å². The molecule has 9 heteroatoms. The van der Waals surface area contributed by atoms with Crippen LogP contribution in [0.25, 0.3) is 0 Å². The number of aromatic nitrogens is 4. The van der Waals surface area contributed by atoms with E-state index in [0.29, 0.717) is 22.8 Å². The minimum absolute atomic E-state index is 0.102.